The summed E-state index contributed by atoms with van der Waals surface area (Å²) >= 11 is 0. The van der Waals surface area contributed by atoms with Crippen LogP contribution >= 0.6 is 0 Å². The molecule has 0 spiro atoms. The number of benzene rings is 1. The van der Waals surface area contributed by atoms with Gasteiger partial charge in [0.25, 0.3) is 0 Å². The van der Waals surface area contributed by atoms with Crippen molar-refractivity contribution in [3.8, 4) is 17.4 Å². The van der Waals surface area contributed by atoms with Crippen LogP contribution in [0.15, 0.2) is 48.9 Å². The maximum Gasteiger partial charge on any atom is 0.341 e. The third kappa shape index (κ3) is 2.95. The minimum Gasteiger partial charge on any atom is -0.477 e. The van der Waals surface area contributed by atoms with E-state index in [9.17, 15) is 4.79 Å². The normalized spacial score (nSPS) is 10.3. The number of rotatable bonds is 5. The Balaban J connectivity index is 1.95. The lowest BCUT2D eigenvalue weighted by Gasteiger charge is -2.08. The molecular weight excluding hydrogens is 298 g/mol. The Morgan fingerprint density at radius 1 is 1.26 bits per heavy atom. The lowest BCUT2D eigenvalue weighted by atomic mass is 10.3. The quantitative estimate of drug-likeness (QED) is 0.744. The summed E-state index contributed by atoms with van der Waals surface area (Å²) in [4.78, 5) is 19.3. The molecule has 23 heavy (non-hydrogen) atoms. The van der Waals surface area contributed by atoms with E-state index in [4.69, 9.17) is 9.84 Å². The second-order valence-electron chi connectivity index (χ2n) is 4.50. The van der Waals surface area contributed by atoms with Crippen molar-refractivity contribution in [1.82, 2.24) is 19.7 Å². The molecule has 0 unspecified atom stereocenters. The fraction of sp³-hybridized carbons (Fsp3) is 0.0667. The highest BCUT2D eigenvalue weighted by atomic mass is 16.5. The van der Waals surface area contributed by atoms with Gasteiger partial charge in [-0.2, -0.15) is 9.78 Å². The number of carbonyl (C=O) groups is 1. The lowest BCUT2D eigenvalue weighted by Crippen LogP contribution is -2.07. The molecule has 116 valence electrons. The van der Waals surface area contributed by atoms with Crippen LogP contribution < -0.4 is 10.1 Å². The van der Waals surface area contributed by atoms with E-state index in [0.29, 0.717) is 23.3 Å². The Hall–Kier alpha value is -3.42. The van der Waals surface area contributed by atoms with Gasteiger partial charge in [0.2, 0.25) is 5.88 Å². The number of carboxylic acids is 1. The number of para-hydroxylation sites is 1. The smallest absolute Gasteiger partial charge is 0.341 e. The molecular formula is C15H13N5O3. The third-order valence-corrected chi connectivity index (χ3v) is 3.05. The number of aromatic nitrogens is 4. The highest BCUT2D eigenvalue weighted by molar-refractivity contribution is 5.93. The largest absolute Gasteiger partial charge is 0.477 e. The molecule has 8 nitrogen and oxygen atoms in total. The van der Waals surface area contributed by atoms with Crippen LogP contribution in [0.1, 0.15) is 10.4 Å². The molecule has 1 aromatic carbocycles. The van der Waals surface area contributed by atoms with Crippen molar-refractivity contribution in [1.29, 1.82) is 0 Å². The van der Waals surface area contributed by atoms with E-state index >= 15 is 0 Å². The maximum atomic E-state index is 11.2. The van der Waals surface area contributed by atoms with Crippen molar-refractivity contribution >= 4 is 11.8 Å². The van der Waals surface area contributed by atoms with Gasteiger partial charge >= 0.3 is 5.97 Å². The van der Waals surface area contributed by atoms with Gasteiger partial charge < -0.3 is 15.2 Å². The Morgan fingerprint density at radius 2 is 2.04 bits per heavy atom. The number of anilines is 1. The molecule has 0 atom stereocenters. The molecule has 0 radical (unpaired) electrons. The maximum absolute atomic E-state index is 11.2. The molecule has 0 amide bonds. The zero-order valence-corrected chi connectivity index (χ0v) is 12.2. The van der Waals surface area contributed by atoms with Crippen molar-refractivity contribution in [3.05, 3.63) is 54.5 Å². The van der Waals surface area contributed by atoms with Crippen LogP contribution in [-0.4, -0.2) is 37.9 Å². The lowest BCUT2D eigenvalue weighted by molar-refractivity contribution is 0.0698. The van der Waals surface area contributed by atoms with Crippen molar-refractivity contribution in [2.24, 2.45) is 0 Å². The fourth-order valence-corrected chi connectivity index (χ4v) is 2.03. The molecule has 0 fully saturated rings. The molecule has 2 N–H and O–H groups in total. The van der Waals surface area contributed by atoms with Crippen LogP contribution in [0.5, 0.6) is 11.6 Å². The van der Waals surface area contributed by atoms with E-state index in [2.05, 4.69) is 20.4 Å². The number of aromatic carboxylic acids is 1. The number of carboxylic acid groups (broad SMARTS) is 1. The van der Waals surface area contributed by atoms with E-state index in [-0.39, 0.29) is 5.56 Å². The Bertz CT molecular complexity index is 832. The molecule has 0 aliphatic rings. The standard InChI is InChI=1S/C15H13N5O3/c1-16-14-11(15(21)22)8-19-20(14)12-7-13(18-9-17-12)23-10-5-3-2-4-6-10/h2-9,16H,1H3,(H,21,22). The summed E-state index contributed by atoms with van der Waals surface area (Å²) in [5.74, 6) is 0.605. The summed E-state index contributed by atoms with van der Waals surface area (Å²) in [6.45, 7) is 0. The van der Waals surface area contributed by atoms with Crippen LogP contribution in [0, 0.1) is 0 Å². The van der Waals surface area contributed by atoms with Gasteiger partial charge in [-0.3, -0.25) is 0 Å². The van der Waals surface area contributed by atoms with E-state index < -0.39 is 5.97 Å². The first-order chi connectivity index (χ1) is 11.2. The number of nitrogens with zero attached hydrogens (tertiary/aromatic N) is 4. The SMILES string of the molecule is CNc1c(C(=O)O)cnn1-c1cc(Oc2ccccc2)ncn1. The van der Waals surface area contributed by atoms with Gasteiger partial charge in [0.15, 0.2) is 5.82 Å². The number of hydrogen-bond donors (Lipinski definition) is 2. The highest BCUT2D eigenvalue weighted by Gasteiger charge is 2.17. The first kappa shape index (κ1) is 14.5. The summed E-state index contributed by atoms with van der Waals surface area (Å²) in [6, 6.07) is 10.8. The van der Waals surface area contributed by atoms with Gasteiger partial charge in [0.1, 0.15) is 23.5 Å². The van der Waals surface area contributed by atoms with Crippen molar-refractivity contribution < 1.29 is 14.6 Å². The first-order valence-corrected chi connectivity index (χ1v) is 6.73. The number of ether oxygens (including phenoxy) is 1. The minimum absolute atomic E-state index is 0.0524. The predicted octanol–water partition coefficient (Wildman–Crippen LogP) is 2.19. The fourth-order valence-electron chi connectivity index (χ4n) is 2.03. The molecule has 3 rings (SSSR count). The van der Waals surface area contributed by atoms with Crippen molar-refractivity contribution in [2.45, 2.75) is 0 Å². The number of hydrogen-bond acceptors (Lipinski definition) is 6. The van der Waals surface area contributed by atoms with Crippen LogP contribution in [0.2, 0.25) is 0 Å². The molecule has 0 aliphatic carbocycles. The van der Waals surface area contributed by atoms with E-state index in [1.807, 2.05) is 18.2 Å². The Labute approximate surface area is 131 Å². The Morgan fingerprint density at radius 3 is 2.74 bits per heavy atom. The van der Waals surface area contributed by atoms with Crippen molar-refractivity contribution in [3.63, 3.8) is 0 Å². The van der Waals surface area contributed by atoms with Gasteiger partial charge in [0.05, 0.1) is 6.20 Å². The second-order valence-corrected chi connectivity index (χ2v) is 4.50. The Kier molecular flexibility index (Phi) is 3.88. The molecule has 0 aliphatic heterocycles. The van der Waals surface area contributed by atoms with E-state index in [1.165, 1.54) is 17.2 Å². The van der Waals surface area contributed by atoms with Gasteiger partial charge in [-0.05, 0) is 12.1 Å². The molecule has 2 heterocycles. The average molecular weight is 311 g/mol. The predicted molar refractivity (Wildman–Crippen MR) is 82.2 cm³/mol. The van der Waals surface area contributed by atoms with Crippen LogP contribution in [0.3, 0.4) is 0 Å². The summed E-state index contributed by atoms with van der Waals surface area (Å²) in [6.07, 6.45) is 2.59. The first-order valence-electron chi connectivity index (χ1n) is 6.73. The van der Waals surface area contributed by atoms with Crippen LogP contribution in [-0.2, 0) is 0 Å². The molecule has 8 heteroatoms. The highest BCUT2D eigenvalue weighted by Crippen LogP contribution is 2.23. The molecule has 3 aromatic rings. The second kappa shape index (κ2) is 6.14. The topological polar surface area (TPSA) is 102 Å². The van der Waals surface area contributed by atoms with E-state index in [0.717, 1.165) is 0 Å². The molecule has 0 bridgehead atoms. The van der Waals surface area contributed by atoms with Crippen LogP contribution in [0.25, 0.3) is 5.82 Å². The third-order valence-electron chi connectivity index (χ3n) is 3.05. The summed E-state index contributed by atoms with van der Waals surface area (Å²) in [7, 11) is 1.61. The van der Waals surface area contributed by atoms with Gasteiger partial charge in [-0.1, -0.05) is 18.2 Å². The molecule has 0 saturated carbocycles. The van der Waals surface area contributed by atoms with Crippen molar-refractivity contribution in [2.75, 3.05) is 12.4 Å². The monoisotopic (exact) mass is 311 g/mol. The van der Waals surface area contributed by atoms with Gasteiger partial charge in [-0.15, -0.1) is 0 Å². The van der Waals surface area contributed by atoms with E-state index in [1.54, 1.807) is 25.2 Å². The van der Waals surface area contributed by atoms with Gasteiger partial charge in [0, 0.05) is 13.1 Å². The molecule has 2 aromatic heterocycles. The molecule has 0 saturated heterocycles. The average Bonchev–Trinajstić information content (AvgIpc) is 3.00. The zero-order chi connectivity index (χ0) is 16.2. The summed E-state index contributed by atoms with van der Waals surface area (Å²) < 4.78 is 7.02. The number of nitrogens with one attached hydrogen (secondary N) is 1. The zero-order valence-electron chi connectivity index (χ0n) is 12.2. The van der Waals surface area contributed by atoms with Gasteiger partial charge in [-0.25, -0.2) is 14.8 Å². The minimum atomic E-state index is -1.07. The van der Waals surface area contributed by atoms with Crippen LogP contribution in [0.4, 0.5) is 5.82 Å². The summed E-state index contributed by atoms with van der Waals surface area (Å²) in [5, 5.41) is 16.0. The summed E-state index contributed by atoms with van der Waals surface area (Å²) in [5.41, 5.74) is 0.0524.